The highest BCUT2D eigenvalue weighted by Crippen LogP contribution is 2.26. The van der Waals surface area contributed by atoms with Crippen molar-refractivity contribution in [2.45, 2.75) is 30.2 Å². The fourth-order valence-corrected chi connectivity index (χ4v) is 3.76. The molecule has 1 atom stereocenters. The van der Waals surface area contributed by atoms with Gasteiger partial charge in [-0.25, -0.2) is 4.39 Å². The molecule has 1 aromatic heterocycles. The van der Waals surface area contributed by atoms with Crippen molar-refractivity contribution in [1.29, 1.82) is 0 Å². The molecule has 33 heavy (non-hydrogen) atoms. The second-order valence-corrected chi connectivity index (χ2v) is 8.17. The van der Waals surface area contributed by atoms with Gasteiger partial charge in [0.05, 0.1) is 16.6 Å². The van der Waals surface area contributed by atoms with E-state index in [4.69, 9.17) is 0 Å². The van der Waals surface area contributed by atoms with Crippen molar-refractivity contribution < 1.29 is 18.9 Å². The van der Waals surface area contributed by atoms with Crippen LogP contribution in [0.1, 0.15) is 19.2 Å². The number of hydrogen-bond acceptors (Lipinski definition) is 7. The lowest BCUT2D eigenvalue weighted by Gasteiger charge is -2.14. The Balaban J connectivity index is 1.60. The summed E-state index contributed by atoms with van der Waals surface area (Å²) in [4.78, 5) is 35.2. The van der Waals surface area contributed by atoms with Crippen LogP contribution in [0, 0.1) is 15.9 Å². The predicted octanol–water partition coefficient (Wildman–Crippen LogP) is 3.55. The summed E-state index contributed by atoms with van der Waals surface area (Å²) in [5.74, 6) is -0.611. The third kappa shape index (κ3) is 6.35. The summed E-state index contributed by atoms with van der Waals surface area (Å²) in [6.45, 7) is 1.85. The van der Waals surface area contributed by atoms with E-state index in [0.717, 1.165) is 0 Å². The van der Waals surface area contributed by atoms with E-state index >= 15 is 0 Å². The largest absolute Gasteiger partial charge is 0.326 e. The molecule has 0 spiro atoms. The molecule has 12 heteroatoms. The molecule has 1 heterocycles. The maximum atomic E-state index is 13.0. The van der Waals surface area contributed by atoms with Gasteiger partial charge in [0.25, 0.3) is 5.69 Å². The smallest absolute Gasteiger partial charge is 0.269 e. The van der Waals surface area contributed by atoms with Gasteiger partial charge in [0.15, 0.2) is 5.16 Å². The molecular weight excluding hydrogens is 451 g/mol. The molecule has 3 rings (SSSR count). The minimum absolute atomic E-state index is 0.0484. The first-order valence-electron chi connectivity index (χ1n) is 9.92. The predicted molar refractivity (Wildman–Crippen MR) is 121 cm³/mol. The molecule has 0 radical (unpaired) electrons. The van der Waals surface area contributed by atoms with E-state index in [1.54, 1.807) is 11.6 Å². The lowest BCUT2D eigenvalue weighted by molar-refractivity contribution is -0.384. The number of nitrogens with one attached hydrogen (secondary N) is 2. The van der Waals surface area contributed by atoms with Gasteiger partial charge in [-0.1, -0.05) is 18.7 Å². The van der Waals surface area contributed by atoms with E-state index < -0.39 is 16.0 Å². The molecule has 2 aromatic carbocycles. The summed E-state index contributed by atoms with van der Waals surface area (Å²) in [5.41, 5.74) is 0.845. The maximum absolute atomic E-state index is 13.0. The van der Waals surface area contributed by atoms with Gasteiger partial charge < -0.3 is 15.2 Å². The van der Waals surface area contributed by atoms with Crippen molar-refractivity contribution in [3.05, 3.63) is 70.3 Å². The zero-order valence-electron chi connectivity index (χ0n) is 17.8. The van der Waals surface area contributed by atoms with E-state index in [2.05, 4.69) is 20.8 Å². The molecule has 0 fully saturated rings. The molecule has 0 saturated carbocycles. The first-order valence-corrected chi connectivity index (χ1v) is 10.8. The number of aromatic nitrogens is 3. The van der Waals surface area contributed by atoms with Gasteiger partial charge in [-0.15, -0.1) is 10.2 Å². The minimum atomic E-state index is -0.512. The minimum Gasteiger partial charge on any atom is -0.326 e. The molecule has 10 nitrogen and oxygen atoms in total. The van der Waals surface area contributed by atoms with Crippen molar-refractivity contribution in [3.8, 4) is 0 Å². The molecule has 0 bridgehead atoms. The van der Waals surface area contributed by atoms with Gasteiger partial charge in [0, 0.05) is 30.6 Å². The Kier molecular flexibility index (Phi) is 7.72. The van der Waals surface area contributed by atoms with Crippen LogP contribution < -0.4 is 10.6 Å². The molecule has 2 amide bonds. The maximum Gasteiger partial charge on any atom is 0.269 e. The van der Waals surface area contributed by atoms with Crippen molar-refractivity contribution in [2.75, 3.05) is 10.6 Å². The van der Waals surface area contributed by atoms with Crippen LogP contribution in [-0.2, 0) is 23.1 Å². The highest BCUT2D eigenvalue weighted by atomic mass is 32.2. The molecule has 0 aliphatic carbocycles. The topological polar surface area (TPSA) is 132 Å². The van der Waals surface area contributed by atoms with Crippen LogP contribution in [-0.4, -0.2) is 36.8 Å². The number of hydrogen-bond donors (Lipinski definition) is 2. The summed E-state index contributed by atoms with van der Waals surface area (Å²) in [6, 6.07) is 11.0. The summed E-state index contributed by atoms with van der Waals surface area (Å²) >= 11 is 1.20. The monoisotopic (exact) mass is 472 g/mol. The molecule has 1 unspecified atom stereocenters. The Labute approximate surface area is 192 Å². The number of non-ortho nitro benzene ring substituents is 1. The number of thioether (sulfide) groups is 1. The number of nitrogens with zero attached hydrogens (tertiary/aromatic N) is 4. The van der Waals surface area contributed by atoms with E-state index in [9.17, 15) is 24.1 Å². The van der Waals surface area contributed by atoms with E-state index in [0.29, 0.717) is 28.8 Å². The molecule has 0 aliphatic heterocycles. The highest BCUT2D eigenvalue weighted by molar-refractivity contribution is 8.00. The highest BCUT2D eigenvalue weighted by Gasteiger charge is 2.22. The average molecular weight is 473 g/mol. The fraction of sp³-hybridized carbons (Fsp3) is 0.238. The van der Waals surface area contributed by atoms with Crippen molar-refractivity contribution in [2.24, 2.45) is 7.05 Å². The van der Waals surface area contributed by atoms with Gasteiger partial charge in [-0.2, -0.15) is 0 Å². The number of nitro groups is 1. The van der Waals surface area contributed by atoms with Crippen LogP contribution in [0.25, 0.3) is 0 Å². The van der Waals surface area contributed by atoms with E-state index in [-0.39, 0.29) is 23.9 Å². The van der Waals surface area contributed by atoms with Crippen LogP contribution in [0.15, 0.2) is 53.7 Å². The molecule has 3 aromatic rings. The van der Waals surface area contributed by atoms with Gasteiger partial charge in [-0.3, -0.25) is 19.7 Å². The fourth-order valence-electron chi connectivity index (χ4n) is 2.82. The molecule has 0 aliphatic rings. The van der Waals surface area contributed by atoms with Gasteiger partial charge in [-0.05, 0) is 42.8 Å². The second-order valence-electron chi connectivity index (χ2n) is 7.00. The number of benzene rings is 2. The Morgan fingerprint density at radius 2 is 1.70 bits per heavy atom. The summed E-state index contributed by atoms with van der Waals surface area (Å²) in [5, 5.41) is 24.3. The number of halogens is 1. The van der Waals surface area contributed by atoms with Gasteiger partial charge in [0.2, 0.25) is 11.8 Å². The number of nitro benzene ring substituents is 1. The SMILES string of the molecule is CCC(Sc1nnc(CC(=O)Nc2ccc(F)cc2)n1C)C(=O)Nc1ccc([N+](=O)[O-])cc1. The van der Waals surface area contributed by atoms with Crippen molar-refractivity contribution >= 4 is 40.6 Å². The van der Waals surface area contributed by atoms with Crippen molar-refractivity contribution in [3.63, 3.8) is 0 Å². The second kappa shape index (κ2) is 10.7. The van der Waals surface area contributed by atoms with Crippen molar-refractivity contribution in [1.82, 2.24) is 14.8 Å². The third-order valence-electron chi connectivity index (χ3n) is 4.63. The first kappa shape index (κ1) is 23.9. The van der Waals surface area contributed by atoms with Crippen LogP contribution >= 0.6 is 11.8 Å². The Hall–Kier alpha value is -3.80. The Morgan fingerprint density at radius 3 is 2.30 bits per heavy atom. The van der Waals surface area contributed by atoms with Crippen LogP contribution in [0.2, 0.25) is 0 Å². The summed E-state index contributed by atoms with van der Waals surface area (Å²) < 4.78 is 14.6. The Morgan fingerprint density at radius 1 is 1.09 bits per heavy atom. The first-order chi connectivity index (χ1) is 15.8. The number of rotatable bonds is 9. The average Bonchev–Trinajstić information content (AvgIpc) is 3.12. The lowest BCUT2D eigenvalue weighted by Crippen LogP contribution is -2.25. The Bertz CT molecular complexity index is 1150. The number of carbonyl (C=O) groups is 2. The van der Waals surface area contributed by atoms with E-state index in [1.807, 2.05) is 6.92 Å². The van der Waals surface area contributed by atoms with Gasteiger partial charge in [0.1, 0.15) is 11.6 Å². The zero-order chi connectivity index (χ0) is 24.0. The molecule has 2 N–H and O–H groups in total. The third-order valence-corrected chi connectivity index (χ3v) is 6.03. The number of carbonyl (C=O) groups excluding carboxylic acids is 2. The normalized spacial score (nSPS) is 11.6. The quantitative estimate of drug-likeness (QED) is 0.276. The zero-order valence-corrected chi connectivity index (χ0v) is 18.6. The van der Waals surface area contributed by atoms with Crippen LogP contribution in [0.5, 0.6) is 0 Å². The lowest BCUT2D eigenvalue weighted by atomic mass is 10.2. The molecule has 0 saturated heterocycles. The number of anilines is 2. The van der Waals surface area contributed by atoms with Crippen LogP contribution in [0.4, 0.5) is 21.5 Å². The molecule has 172 valence electrons. The molecular formula is C21H21FN6O4S. The van der Waals surface area contributed by atoms with Crippen LogP contribution in [0.3, 0.4) is 0 Å². The van der Waals surface area contributed by atoms with Gasteiger partial charge >= 0.3 is 0 Å². The van der Waals surface area contributed by atoms with E-state index in [1.165, 1.54) is 60.3 Å². The summed E-state index contributed by atoms with van der Waals surface area (Å²) in [7, 11) is 1.70. The number of amides is 2. The summed E-state index contributed by atoms with van der Waals surface area (Å²) in [6.07, 6.45) is 0.448. The standard InChI is InChI=1S/C21H21FN6O4S/c1-3-17(20(30)24-15-8-10-16(11-9-15)28(31)32)33-21-26-25-18(27(21)2)12-19(29)23-14-6-4-13(22)5-7-14/h4-11,17H,3,12H2,1-2H3,(H,23,29)(H,24,30).